The van der Waals surface area contributed by atoms with E-state index >= 15 is 0 Å². The minimum Gasteiger partial charge on any atom is -0.337 e. The summed E-state index contributed by atoms with van der Waals surface area (Å²) < 4.78 is 0. The van der Waals surface area contributed by atoms with Gasteiger partial charge in [-0.15, -0.1) is 24.8 Å². The number of aromatic nitrogens is 1. The first-order valence-corrected chi connectivity index (χ1v) is 6.69. The SMILES string of the molecule is Cl.Cl.NC1CCC2CN(C(=O)c3ccc(Cl)cn3)CC12. The average Bonchev–Trinajstić information content (AvgIpc) is 2.92. The number of hydrogen-bond acceptors (Lipinski definition) is 3. The van der Waals surface area contributed by atoms with Crippen LogP contribution in [0.2, 0.25) is 5.02 Å². The third-order valence-electron chi connectivity index (χ3n) is 4.15. The van der Waals surface area contributed by atoms with E-state index in [1.54, 1.807) is 12.1 Å². The monoisotopic (exact) mass is 337 g/mol. The molecule has 7 heteroatoms. The first kappa shape index (κ1) is 17.5. The maximum Gasteiger partial charge on any atom is 0.272 e. The predicted molar refractivity (Wildman–Crippen MR) is 83.8 cm³/mol. The highest BCUT2D eigenvalue weighted by Gasteiger charge is 2.42. The smallest absolute Gasteiger partial charge is 0.272 e. The van der Waals surface area contributed by atoms with Crippen molar-refractivity contribution in [3.8, 4) is 0 Å². The molecule has 1 saturated heterocycles. The van der Waals surface area contributed by atoms with Crippen molar-refractivity contribution in [2.75, 3.05) is 13.1 Å². The summed E-state index contributed by atoms with van der Waals surface area (Å²) in [4.78, 5) is 18.2. The molecule has 4 nitrogen and oxygen atoms in total. The van der Waals surface area contributed by atoms with Crippen LogP contribution in [0.5, 0.6) is 0 Å². The van der Waals surface area contributed by atoms with Crippen molar-refractivity contribution in [1.82, 2.24) is 9.88 Å². The third kappa shape index (κ3) is 3.19. The van der Waals surface area contributed by atoms with Gasteiger partial charge in [0, 0.05) is 25.3 Å². The van der Waals surface area contributed by atoms with E-state index in [9.17, 15) is 4.79 Å². The quantitative estimate of drug-likeness (QED) is 0.855. The van der Waals surface area contributed by atoms with Crippen LogP contribution < -0.4 is 5.73 Å². The Kier molecular flexibility index (Phi) is 6.07. The molecule has 1 amide bonds. The van der Waals surface area contributed by atoms with Crippen LogP contribution in [0.25, 0.3) is 0 Å². The Balaban J connectivity index is 0.000001000. The molecule has 3 rings (SSSR count). The largest absolute Gasteiger partial charge is 0.337 e. The normalized spacial score (nSPS) is 27.5. The highest BCUT2D eigenvalue weighted by Crippen LogP contribution is 2.37. The van der Waals surface area contributed by atoms with Crippen molar-refractivity contribution in [3.05, 3.63) is 29.0 Å². The summed E-state index contributed by atoms with van der Waals surface area (Å²) in [6, 6.07) is 3.63. The molecule has 0 aromatic carbocycles. The molecule has 2 fully saturated rings. The number of rotatable bonds is 1. The fourth-order valence-corrected chi connectivity index (χ4v) is 3.25. The molecule has 1 aliphatic heterocycles. The topological polar surface area (TPSA) is 59.2 Å². The number of amides is 1. The second kappa shape index (κ2) is 6.94. The van der Waals surface area contributed by atoms with Crippen LogP contribution in [-0.2, 0) is 0 Å². The molecule has 0 radical (unpaired) electrons. The Hall–Kier alpha value is -0.550. The minimum atomic E-state index is -0.00623. The van der Waals surface area contributed by atoms with E-state index in [4.69, 9.17) is 17.3 Å². The van der Waals surface area contributed by atoms with Gasteiger partial charge in [0.15, 0.2) is 0 Å². The van der Waals surface area contributed by atoms with Crippen LogP contribution in [0, 0.1) is 11.8 Å². The van der Waals surface area contributed by atoms with Crippen molar-refractivity contribution in [2.45, 2.75) is 18.9 Å². The van der Waals surface area contributed by atoms with Crippen LogP contribution in [0.4, 0.5) is 0 Å². The van der Waals surface area contributed by atoms with Gasteiger partial charge in [0.25, 0.3) is 5.91 Å². The maximum atomic E-state index is 12.3. The molecule has 3 atom stereocenters. The minimum absolute atomic E-state index is 0. The lowest BCUT2D eigenvalue weighted by Gasteiger charge is -2.18. The van der Waals surface area contributed by atoms with Crippen LogP contribution in [0.3, 0.4) is 0 Å². The maximum absolute atomic E-state index is 12.3. The summed E-state index contributed by atoms with van der Waals surface area (Å²) in [6.45, 7) is 1.59. The molecule has 0 bridgehead atoms. The highest BCUT2D eigenvalue weighted by molar-refractivity contribution is 6.30. The summed E-state index contributed by atoms with van der Waals surface area (Å²) in [5.41, 5.74) is 6.54. The average molecular weight is 339 g/mol. The molecule has 3 unspecified atom stereocenters. The van der Waals surface area contributed by atoms with Crippen LogP contribution in [0.15, 0.2) is 18.3 Å². The van der Waals surface area contributed by atoms with Gasteiger partial charge in [-0.3, -0.25) is 4.79 Å². The zero-order valence-electron chi connectivity index (χ0n) is 10.9. The molecular formula is C13H18Cl3N3O. The Morgan fingerprint density at radius 2 is 2.05 bits per heavy atom. The number of likely N-dealkylation sites (tertiary alicyclic amines) is 1. The lowest BCUT2D eigenvalue weighted by atomic mass is 9.98. The van der Waals surface area contributed by atoms with Crippen molar-refractivity contribution in [1.29, 1.82) is 0 Å². The molecule has 20 heavy (non-hydrogen) atoms. The zero-order valence-corrected chi connectivity index (χ0v) is 13.3. The van der Waals surface area contributed by atoms with Crippen molar-refractivity contribution < 1.29 is 4.79 Å². The van der Waals surface area contributed by atoms with Gasteiger partial charge < -0.3 is 10.6 Å². The van der Waals surface area contributed by atoms with E-state index in [0.717, 1.165) is 25.9 Å². The number of nitrogens with zero attached hydrogens (tertiary/aromatic N) is 2. The van der Waals surface area contributed by atoms with Crippen molar-refractivity contribution >= 4 is 42.3 Å². The molecule has 1 aliphatic carbocycles. The lowest BCUT2D eigenvalue weighted by Crippen LogP contribution is -2.33. The van der Waals surface area contributed by atoms with E-state index in [1.807, 2.05) is 4.90 Å². The Morgan fingerprint density at radius 1 is 1.30 bits per heavy atom. The second-order valence-electron chi connectivity index (χ2n) is 5.24. The molecule has 0 spiro atoms. The number of carbonyl (C=O) groups is 1. The van der Waals surface area contributed by atoms with Crippen LogP contribution >= 0.6 is 36.4 Å². The van der Waals surface area contributed by atoms with Gasteiger partial charge in [-0.25, -0.2) is 4.98 Å². The molecule has 2 heterocycles. The van der Waals surface area contributed by atoms with E-state index in [-0.39, 0.29) is 36.8 Å². The van der Waals surface area contributed by atoms with E-state index in [0.29, 0.717) is 22.6 Å². The second-order valence-corrected chi connectivity index (χ2v) is 5.67. The van der Waals surface area contributed by atoms with E-state index in [1.165, 1.54) is 6.20 Å². The number of halogens is 3. The predicted octanol–water partition coefficient (Wildman–Crippen LogP) is 2.39. The Morgan fingerprint density at radius 3 is 2.65 bits per heavy atom. The summed E-state index contributed by atoms with van der Waals surface area (Å²) in [5.74, 6) is 1.05. The number of fused-ring (bicyclic) bond motifs is 1. The Labute approximate surface area is 135 Å². The van der Waals surface area contributed by atoms with Gasteiger partial charge in [-0.2, -0.15) is 0 Å². The van der Waals surface area contributed by atoms with E-state index < -0.39 is 0 Å². The first-order valence-electron chi connectivity index (χ1n) is 6.31. The first-order chi connectivity index (χ1) is 8.65. The van der Waals surface area contributed by atoms with Gasteiger partial charge in [-0.05, 0) is 36.8 Å². The summed E-state index contributed by atoms with van der Waals surface area (Å²) in [5, 5.41) is 0.548. The van der Waals surface area contributed by atoms with Gasteiger partial charge >= 0.3 is 0 Å². The fraction of sp³-hybridized carbons (Fsp3) is 0.538. The summed E-state index contributed by atoms with van der Waals surface area (Å²) in [7, 11) is 0. The lowest BCUT2D eigenvalue weighted by molar-refractivity contribution is 0.0774. The van der Waals surface area contributed by atoms with Crippen LogP contribution in [-0.4, -0.2) is 34.9 Å². The molecular weight excluding hydrogens is 321 g/mol. The molecule has 1 aromatic rings. The Bertz CT molecular complexity index is 468. The zero-order chi connectivity index (χ0) is 12.7. The highest BCUT2D eigenvalue weighted by atomic mass is 35.5. The van der Waals surface area contributed by atoms with Gasteiger partial charge in [-0.1, -0.05) is 11.6 Å². The van der Waals surface area contributed by atoms with E-state index in [2.05, 4.69) is 4.98 Å². The summed E-state index contributed by atoms with van der Waals surface area (Å²) in [6.07, 6.45) is 3.75. The number of hydrogen-bond donors (Lipinski definition) is 1. The van der Waals surface area contributed by atoms with Crippen LogP contribution in [0.1, 0.15) is 23.3 Å². The van der Waals surface area contributed by atoms with Crippen molar-refractivity contribution in [2.24, 2.45) is 17.6 Å². The molecule has 1 aromatic heterocycles. The number of carbonyl (C=O) groups excluding carboxylic acids is 1. The molecule has 112 valence electrons. The van der Waals surface area contributed by atoms with Gasteiger partial charge in [0.2, 0.25) is 0 Å². The van der Waals surface area contributed by atoms with Gasteiger partial charge in [0.1, 0.15) is 5.69 Å². The number of nitrogens with two attached hydrogens (primary N) is 1. The number of pyridine rings is 1. The fourth-order valence-electron chi connectivity index (χ4n) is 3.14. The molecule has 2 aliphatic rings. The van der Waals surface area contributed by atoms with Gasteiger partial charge in [0.05, 0.1) is 5.02 Å². The van der Waals surface area contributed by atoms with Crippen molar-refractivity contribution in [3.63, 3.8) is 0 Å². The standard InChI is InChI=1S/C13H16ClN3O.2ClH/c14-9-2-4-12(16-5-9)13(18)17-6-8-1-3-11(15)10(8)7-17;;/h2,4-5,8,10-11H,1,3,6-7,15H2;2*1H. The molecule has 2 N–H and O–H groups in total. The molecule has 1 saturated carbocycles. The summed E-state index contributed by atoms with van der Waals surface area (Å²) >= 11 is 5.77. The third-order valence-corrected chi connectivity index (χ3v) is 4.37.